The number of amides is 2. The van der Waals surface area contributed by atoms with Gasteiger partial charge in [0.15, 0.2) is 0 Å². The predicted octanol–water partition coefficient (Wildman–Crippen LogP) is 3.91. The van der Waals surface area contributed by atoms with Gasteiger partial charge in [0.05, 0.1) is 17.2 Å². The first kappa shape index (κ1) is 19.4. The molecule has 2 amide bonds. The van der Waals surface area contributed by atoms with E-state index in [1.54, 1.807) is 11.3 Å². The maximum Gasteiger partial charge on any atom is 0.319 e. The summed E-state index contributed by atoms with van der Waals surface area (Å²) in [6.07, 6.45) is 1.95. The van der Waals surface area contributed by atoms with Crippen LogP contribution in [0.1, 0.15) is 37.0 Å². The van der Waals surface area contributed by atoms with E-state index in [4.69, 9.17) is 0 Å². The summed E-state index contributed by atoms with van der Waals surface area (Å²) < 4.78 is 0. The van der Waals surface area contributed by atoms with E-state index in [-0.39, 0.29) is 6.03 Å². The van der Waals surface area contributed by atoms with Crippen LogP contribution in [0, 0.1) is 0 Å². The lowest BCUT2D eigenvalue weighted by molar-refractivity contribution is 0.251. The lowest BCUT2D eigenvalue weighted by atomic mass is 10.1. The van der Waals surface area contributed by atoms with Crippen molar-refractivity contribution in [2.24, 2.45) is 0 Å². The fraction of sp³-hybridized carbons (Fsp3) is 0.474. The van der Waals surface area contributed by atoms with Gasteiger partial charge in [0.25, 0.3) is 0 Å². The number of nitrogens with one attached hydrogen (secondary N) is 2. The normalized spacial score (nSPS) is 10.9. The van der Waals surface area contributed by atoms with Crippen molar-refractivity contribution in [2.45, 2.75) is 40.2 Å². The molecule has 136 valence electrons. The SMILES string of the molecule is CCc1nc(CNC(=O)Nc2ccc(CCN(CC)CC)cc2)cs1. The van der Waals surface area contributed by atoms with Crippen LogP contribution in [0.15, 0.2) is 29.6 Å². The molecule has 0 fully saturated rings. The highest BCUT2D eigenvalue weighted by Crippen LogP contribution is 2.12. The Morgan fingerprint density at radius 1 is 1.16 bits per heavy atom. The first-order valence-corrected chi connectivity index (χ1v) is 9.82. The van der Waals surface area contributed by atoms with E-state index < -0.39 is 0 Å². The Bertz CT molecular complexity index is 650. The van der Waals surface area contributed by atoms with E-state index in [2.05, 4.69) is 53.4 Å². The van der Waals surface area contributed by atoms with E-state index in [1.807, 2.05) is 17.5 Å². The maximum atomic E-state index is 12.0. The number of benzene rings is 1. The average molecular weight is 361 g/mol. The van der Waals surface area contributed by atoms with E-state index in [0.29, 0.717) is 6.54 Å². The minimum absolute atomic E-state index is 0.207. The van der Waals surface area contributed by atoms with Crippen LogP contribution in [0.5, 0.6) is 0 Å². The van der Waals surface area contributed by atoms with Crippen molar-refractivity contribution in [1.82, 2.24) is 15.2 Å². The van der Waals surface area contributed by atoms with Crippen LogP contribution < -0.4 is 10.6 Å². The number of likely N-dealkylation sites (N-methyl/N-ethyl adjacent to an activating group) is 1. The Hall–Kier alpha value is -1.92. The van der Waals surface area contributed by atoms with Gasteiger partial charge in [-0.1, -0.05) is 32.9 Å². The highest BCUT2D eigenvalue weighted by atomic mass is 32.1. The second-order valence-electron chi connectivity index (χ2n) is 5.87. The number of anilines is 1. The fourth-order valence-electron chi connectivity index (χ4n) is 2.52. The lowest BCUT2D eigenvalue weighted by Gasteiger charge is -2.17. The Morgan fingerprint density at radius 3 is 2.48 bits per heavy atom. The summed E-state index contributed by atoms with van der Waals surface area (Å²) in [4.78, 5) is 18.8. The monoisotopic (exact) mass is 360 g/mol. The standard InChI is InChI=1S/C19H28N4OS/c1-4-18-21-17(14-25-18)13-20-19(24)22-16-9-7-15(8-10-16)11-12-23(5-2)6-3/h7-10,14H,4-6,11-13H2,1-3H3,(H2,20,22,24). The Labute approximate surface area is 154 Å². The molecule has 0 saturated carbocycles. The van der Waals surface area contributed by atoms with Crippen molar-refractivity contribution in [3.8, 4) is 0 Å². The van der Waals surface area contributed by atoms with Gasteiger partial charge >= 0.3 is 6.03 Å². The van der Waals surface area contributed by atoms with Crippen LogP contribution in [0.4, 0.5) is 10.5 Å². The van der Waals surface area contributed by atoms with Gasteiger partial charge < -0.3 is 15.5 Å². The number of hydrogen-bond acceptors (Lipinski definition) is 4. The van der Waals surface area contributed by atoms with Crippen LogP contribution in [-0.4, -0.2) is 35.5 Å². The van der Waals surface area contributed by atoms with Gasteiger partial charge in [-0.3, -0.25) is 0 Å². The first-order valence-electron chi connectivity index (χ1n) is 8.94. The number of carbonyl (C=O) groups excluding carboxylic acids is 1. The zero-order valence-corrected chi connectivity index (χ0v) is 16.2. The van der Waals surface area contributed by atoms with Crippen LogP contribution in [-0.2, 0) is 19.4 Å². The molecule has 5 nitrogen and oxygen atoms in total. The third kappa shape index (κ3) is 6.48. The number of aryl methyl sites for hydroxylation is 1. The predicted molar refractivity (Wildman–Crippen MR) is 105 cm³/mol. The summed E-state index contributed by atoms with van der Waals surface area (Å²) in [7, 11) is 0. The van der Waals surface area contributed by atoms with Gasteiger partial charge in [0.2, 0.25) is 0 Å². The van der Waals surface area contributed by atoms with E-state index in [9.17, 15) is 4.79 Å². The molecule has 0 spiro atoms. The molecule has 25 heavy (non-hydrogen) atoms. The summed E-state index contributed by atoms with van der Waals surface area (Å²) >= 11 is 1.63. The molecule has 0 aliphatic heterocycles. The Morgan fingerprint density at radius 2 is 1.88 bits per heavy atom. The number of rotatable bonds is 9. The summed E-state index contributed by atoms with van der Waals surface area (Å²) in [5.74, 6) is 0. The lowest BCUT2D eigenvalue weighted by Crippen LogP contribution is -2.28. The molecular weight excluding hydrogens is 332 g/mol. The number of thiazole rings is 1. The van der Waals surface area contributed by atoms with E-state index in [0.717, 1.165) is 48.9 Å². The molecule has 2 rings (SSSR count). The van der Waals surface area contributed by atoms with Crippen molar-refractivity contribution < 1.29 is 4.79 Å². The topological polar surface area (TPSA) is 57.3 Å². The smallest absolute Gasteiger partial charge is 0.319 e. The molecule has 2 aromatic rings. The van der Waals surface area contributed by atoms with Crippen LogP contribution >= 0.6 is 11.3 Å². The number of hydrogen-bond donors (Lipinski definition) is 2. The van der Waals surface area contributed by atoms with Gasteiger partial charge in [-0.25, -0.2) is 9.78 Å². The summed E-state index contributed by atoms with van der Waals surface area (Å²) in [6, 6.07) is 7.85. The number of urea groups is 1. The third-order valence-corrected chi connectivity index (χ3v) is 5.20. The Kier molecular flexibility index (Phi) is 7.88. The summed E-state index contributed by atoms with van der Waals surface area (Å²) in [5.41, 5.74) is 2.99. The minimum Gasteiger partial charge on any atom is -0.332 e. The van der Waals surface area contributed by atoms with E-state index >= 15 is 0 Å². The van der Waals surface area contributed by atoms with Crippen molar-refractivity contribution in [3.63, 3.8) is 0 Å². The van der Waals surface area contributed by atoms with Crippen molar-refractivity contribution in [1.29, 1.82) is 0 Å². The van der Waals surface area contributed by atoms with Crippen LogP contribution in [0.3, 0.4) is 0 Å². The molecule has 0 unspecified atom stereocenters. The van der Waals surface area contributed by atoms with Gasteiger partial charge in [-0.15, -0.1) is 11.3 Å². The van der Waals surface area contributed by atoms with E-state index in [1.165, 1.54) is 5.56 Å². The number of carbonyl (C=O) groups is 1. The maximum absolute atomic E-state index is 12.0. The van der Waals surface area contributed by atoms with Crippen LogP contribution in [0.25, 0.3) is 0 Å². The molecule has 2 N–H and O–H groups in total. The average Bonchev–Trinajstić information content (AvgIpc) is 3.10. The Balaban J connectivity index is 1.76. The molecular formula is C19H28N4OS. The van der Waals surface area contributed by atoms with Crippen molar-refractivity contribution >= 4 is 23.1 Å². The molecule has 0 saturated heterocycles. The minimum atomic E-state index is -0.207. The zero-order valence-electron chi connectivity index (χ0n) is 15.3. The number of aromatic nitrogens is 1. The van der Waals surface area contributed by atoms with Crippen molar-refractivity contribution in [3.05, 3.63) is 45.9 Å². The molecule has 1 aromatic heterocycles. The first-order chi connectivity index (χ1) is 12.1. The van der Waals surface area contributed by atoms with Gasteiger partial charge in [0.1, 0.15) is 0 Å². The highest BCUT2D eigenvalue weighted by Gasteiger charge is 2.05. The summed E-state index contributed by atoms with van der Waals surface area (Å²) in [6.45, 7) is 10.1. The molecule has 0 aliphatic rings. The fourth-order valence-corrected chi connectivity index (χ4v) is 3.27. The zero-order chi connectivity index (χ0) is 18.1. The number of nitrogens with zero attached hydrogens (tertiary/aromatic N) is 2. The molecule has 1 aromatic carbocycles. The van der Waals surface area contributed by atoms with Gasteiger partial charge in [0, 0.05) is 17.6 Å². The molecule has 6 heteroatoms. The van der Waals surface area contributed by atoms with Crippen LogP contribution in [0.2, 0.25) is 0 Å². The van der Waals surface area contributed by atoms with Crippen molar-refractivity contribution in [2.75, 3.05) is 25.0 Å². The third-order valence-electron chi connectivity index (χ3n) is 4.15. The molecule has 1 heterocycles. The molecule has 0 aliphatic carbocycles. The quantitative estimate of drug-likeness (QED) is 0.713. The molecule has 0 atom stereocenters. The van der Waals surface area contributed by atoms with Gasteiger partial charge in [-0.05, 0) is 43.6 Å². The highest BCUT2D eigenvalue weighted by molar-refractivity contribution is 7.09. The molecule has 0 radical (unpaired) electrons. The second kappa shape index (κ2) is 10.2. The largest absolute Gasteiger partial charge is 0.332 e. The summed E-state index contributed by atoms with van der Waals surface area (Å²) in [5, 5.41) is 8.79. The van der Waals surface area contributed by atoms with Gasteiger partial charge in [-0.2, -0.15) is 0 Å². The second-order valence-corrected chi connectivity index (χ2v) is 6.81. The molecule has 0 bridgehead atoms.